The van der Waals surface area contributed by atoms with Crippen molar-refractivity contribution in [2.24, 2.45) is 0 Å². The monoisotopic (exact) mass is 278 g/mol. The van der Waals surface area contributed by atoms with Gasteiger partial charge in [-0.1, -0.05) is 5.16 Å². The van der Waals surface area contributed by atoms with Gasteiger partial charge >= 0.3 is 0 Å². The van der Waals surface area contributed by atoms with Crippen LogP contribution >= 0.6 is 0 Å². The van der Waals surface area contributed by atoms with Crippen molar-refractivity contribution in [1.82, 2.24) is 20.4 Å². The van der Waals surface area contributed by atoms with Gasteiger partial charge in [0, 0.05) is 24.4 Å². The Labute approximate surface area is 121 Å². The smallest absolute Gasteiger partial charge is 0.229 e. The molecule has 20 heavy (non-hydrogen) atoms. The van der Waals surface area contributed by atoms with Crippen molar-refractivity contribution >= 4 is 0 Å². The van der Waals surface area contributed by atoms with Crippen molar-refractivity contribution in [2.45, 2.75) is 64.0 Å². The van der Waals surface area contributed by atoms with E-state index in [0.717, 1.165) is 44.1 Å². The van der Waals surface area contributed by atoms with Crippen LogP contribution in [0.5, 0.6) is 0 Å². The molecule has 3 rings (SSSR count). The molecule has 0 amide bonds. The van der Waals surface area contributed by atoms with Gasteiger partial charge < -0.3 is 9.84 Å². The second-order valence-electron chi connectivity index (χ2n) is 6.40. The van der Waals surface area contributed by atoms with Gasteiger partial charge in [-0.3, -0.25) is 4.90 Å². The quantitative estimate of drug-likeness (QED) is 0.912. The van der Waals surface area contributed by atoms with E-state index < -0.39 is 0 Å². The number of likely N-dealkylation sites (tertiary alicyclic amines) is 1. The molecular formula is C15H26N4O. The summed E-state index contributed by atoms with van der Waals surface area (Å²) < 4.78 is 5.50. The Kier molecular flexibility index (Phi) is 4.36. The van der Waals surface area contributed by atoms with Crippen LogP contribution in [0.1, 0.15) is 57.2 Å². The summed E-state index contributed by atoms with van der Waals surface area (Å²) in [5.74, 6) is 2.22. The van der Waals surface area contributed by atoms with Gasteiger partial charge in [-0.25, -0.2) is 0 Å². The first-order chi connectivity index (χ1) is 9.74. The molecule has 1 aromatic heterocycles. The number of nitrogens with one attached hydrogen (secondary N) is 1. The third-order valence-corrected chi connectivity index (χ3v) is 4.68. The van der Waals surface area contributed by atoms with E-state index in [9.17, 15) is 0 Å². The van der Waals surface area contributed by atoms with E-state index in [1.807, 2.05) is 0 Å². The predicted octanol–water partition coefficient (Wildman–Crippen LogP) is 1.95. The van der Waals surface area contributed by atoms with E-state index in [1.165, 1.54) is 19.4 Å². The Morgan fingerprint density at radius 3 is 2.85 bits per heavy atom. The van der Waals surface area contributed by atoms with Crippen molar-refractivity contribution in [1.29, 1.82) is 0 Å². The molecule has 5 heteroatoms. The molecule has 1 N–H and O–H groups in total. The van der Waals surface area contributed by atoms with Crippen LogP contribution in [-0.4, -0.2) is 46.8 Å². The average molecular weight is 278 g/mol. The molecule has 2 saturated heterocycles. The topological polar surface area (TPSA) is 54.2 Å². The maximum absolute atomic E-state index is 5.50. The summed E-state index contributed by atoms with van der Waals surface area (Å²) in [5, 5.41) is 7.59. The zero-order valence-electron chi connectivity index (χ0n) is 12.6. The van der Waals surface area contributed by atoms with E-state index in [1.54, 1.807) is 0 Å². The molecule has 2 aliphatic heterocycles. The molecule has 0 saturated carbocycles. The fraction of sp³-hybridized carbons (Fsp3) is 0.867. The largest absolute Gasteiger partial charge is 0.339 e. The Balaban J connectivity index is 1.62. The van der Waals surface area contributed by atoms with E-state index in [0.29, 0.717) is 18.0 Å². The number of aromatic nitrogens is 2. The van der Waals surface area contributed by atoms with Gasteiger partial charge in [0.1, 0.15) is 0 Å². The van der Waals surface area contributed by atoms with Crippen molar-refractivity contribution in [3.8, 4) is 0 Å². The second-order valence-corrected chi connectivity index (χ2v) is 6.40. The predicted molar refractivity (Wildman–Crippen MR) is 77.7 cm³/mol. The minimum Gasteiger partial charge on any atom is -0.339 e. The van der Waals surface area contributed by atoms with Crippen LogP contribution in [0.3, 0.4) is 0 Å². The van der Waals surface area contributed by atoms with Crippen LogP contribution in [0, 0.1) is 0 Å². The Morgan fingerprint density at radius 2 is 2.10 bits per heavy atom. The first-order valence-electron chi connectivity index (χ1n) is 8.03. The average Bonchev–Trinajstić information content (AvgIpc) is 3.09. The summed E-state index contributed by atoms with van der Waals surface area (Å²) in [7, 11) is 0. The summed E-state index contributed by atoms with van der Waals surface area (Å²) in [4.78, 5) is 7.23. The van der Waals surface area contributed by atoms with E-state index in [-0.39, 0.29) is 0 Å². The molecule has 2 aliphatic rings. The number of nitrogens with zero attached hydrogens (tertiary/aromatic N) is 3. The molecule has 0 spiro atoms. The van der Waals surface area contributed by atoms with Crippen LogP contribution in [0.2, 0.25) is 0 Å². The highest BCUT2D eigenvalue weighted by Crippen LogP contribution is 2.26. The highest BCUT2D eigenvalue weighted by atomic mass is 16.5. The Morgan fingerprint density at radius 1 is 1.30 bits per heavy atom. The van der Waals surface area contributed by atoms with Crippen LogP contribution in [0.4, 0.5) is 0 Å². The SMILES string of the molecule is CC(C)N1CCCC1Cc1noc(C2CCNCC2)n1. The molecular weight excluding hydrogens is 252 g/mol. The van der Waals surface area contributed by atoms with Crippen molar-refractivity contribution in [2.75, 3.05) is 19.6 Å². The van der Waals surface area contributed by atoms with Crippen LogP contribution in [0.25, 0.3) is 0 Å². The standard InChI is InChI=1S/C15H26N4O/c1-11(2)19-9-3-4-13(19)10-14-17-15(20-18-14)12-5-7-16-8-6-12/h11-13,16H,3-10H2,1-2H3. The van der Waals surface area contributed by atoms with Crippen molar-refractivity contribution < 1.29 is 4.52 Å². The van der Waals surface area contributed by atoms with Crippen LogP contribution < -0.4 is 5.32 Å². The number of hydrogen-bond acceptors (Lipinski definition) is 5. The maximum Gasteiger partial charge on any atom is 0.229 e. The lowest BCUT2D eigenvalue weighted by Crippen LogP contribution is -2.36. The number of rotatable bonds is 4. The summed E-state index contributed by atoms with van der Waals surface area (Å²) in [6.07, 6.45) is 5.72. The summed E-state index contributed by atoms with van der Waals surface area (Å²) in [5.41, 5.74) is 0. The van der Waals surface area contributed by atoms with E-state index in [4.69, 9.17) is 4.52 Å². The lowest BCUT2D eigenvalue weighted by Gasteiger charge is -2.27. The fourth-order valence-electron chi connectivity index (χ4n) is 3.55. The number of hydrogen-bond donors (Lipinski definition) is 1. The van der Waals surface area contributed by atoms with Gasteiger partial charge in [-0.05, 0) is 59.2 Å². The second kappa shape index (κ2) is 6.22. The summed E-state index contributed by atoms with van der Waals surface area (Å²) >= 11 is 0. The number of piperidine rings is 1. The van der Waals surface area contributed by atoms with Crippen LogP contribution in [0.15, 0.2) is 4.52 Å². The lowest BCUT2D eigenvalue weighted by molar-refractivity contribution is 0.200. The maximum atomic E-state index is 5.50. The highest BCUT2D eigenvalue weighted by Gasteiger charge is 2.29. The minimum atomic E-state index is 0.460. The zero-order valence-corrected chi connectivity index (χ0v) is 12.6. The molecule has 1 unspecified atom stereocenters. The highest BCUT2D eigenvalue weighted by molar-refractivity contribution is 4.99. The van der Waals surface area contributed by atoms with Gasteiger partial charge in [0.2, 0.25) is 5.89 Å². The first kappa shape index (κ1) is 14.0. The molecule has 0 radical (unpaired) electrons. The van der Waals surface area contributed by atoms with Crippen LogP contribution in [-0.2, 0) is 6.42 Å². The zero-order chi connectivity index (χ0) is 13.9. The molecule has 1 atom stereocenters. The fourth-order valence-corrected chi connectivity index (χ4v) is 3.55. The van der Waals surface area contributed by atoms with Gasteiger partial charge in [-0.15, -0.1) is 0 Å². The molecule has 5 nitrogen and oxygen atoms in total. The van der Waals surface area contributed by atoms with Gasteiger partial charge in [0.05, 0.1) is 0 Å². The lowest BCUT2D eigenvalue weighted by atomic mass is 9.98. The van der Waals surface area contributed by atoms with Crippen molar-refractivity contribution in [3.63, 3.8) is 0 Å². The molecule has 0 aliphatic carbocycles. The summed E-state index contributed by atoms with van der Waals surface area (Å²) in [6.45, 7) is 7.88. The Hall–Kier alpha value is -0.940. The van der Waals surface area contributed by atoms with Gasteiger partial charge in [0.25, 0.3) is 0 Å². The van der Waals surface area contributed by atoms with Gasteiger partial charge in [-0.2, -0.15) is 4.98 Å². The molecule has 3 heterocycles. The molecule has 0 bridgehead atoms. The summed E-state index contributed by atoms with van der Waals surface area (Å²) in [6, 6.07) is 1.20. The third kappa shape index (κ3) is 3.04. The molecule has 2 fully saturated rings. The molecule has 1 aromatic rings. The van der Waals surface area contributed by atoms with E-state index in [2.05, 4.69) is 34.2 Å². The van der Waals surface area contributed by atoms with E-state index >= 15 is 0 Å². The molecule has 112 valence electrons. The Bertz CT molecular complexity index is 425. The van der Waals surface area contributed by atoms with Gasteiger partial charge in [0.15, 0.2) is 5.82 Å². The molecule has 0 aromatic carbocycles. The first-order valence-corrected chi connectivity index (χ1v) is 8.03. The van der Waals surface area contributed by atoms with Crippen molar-refractivity contribution in [3.05, 3.63) is 11.7 Å². The minimum absolute atomic E-state index is 0.460. The third-order valence-electron chi connectivity index (χ3n) is 4.68. The normalized spacial score (nSPS) is 25.6.